The molecule has 0 spiro atoms. The number of hydrogen-bond donors (Lipinski definition) is 0. The predicted molar refractivity (Wildman–Crippen MR) is 75.2 cm³/mol. The molecule has 114 valence electrons. The van der Waals surface area contributed by atoms with Gasteiger partial charge in [-0.15, -0.1) is 11.6 Å². The Morgan fingerprint density at radius 1 is 1.30 bits per heavy atom. The highest BCUT2D eigenvalue weighted by Gasteiger charge is 2.27. The minimum absolute atomic E-state index is 0.0879. The van der Waals surface area contributed by atoms with E-state index in [1.165, 1.54) is 7.05 Å². The Balaban J connectivity index is 3.18. The van der Waals surface area contributed by atoms with Gasteiger partial charge >= 0.3 is 0 Å². The third-order valence-corrected chi connectivity index (χ3v) is 5.08. The van der Waals surface area contributed by atoms with E-state index in [0.717, 1.165) is 16.4 Å². The molecule has 0 aliphatic carbocycles. The number of alkyl halides is 1. The average Bonchev–Trinajstić information content (AvgIpc) is 2.38. The highest BCUT2D eigenvalue weighted by Crippen LogP contribution is 2.24. The normalized spacial score (nSPS) is 12.4. The third kappa shape index (κ3) is 3.90. The molecule has 0 amide bonds. The van der Waals surface area contributed by atoms with Crippen LogP contribution in [0.5, 0.6) is 0 Å². The molecule has 1 aromatic carbocycles. The first kappa shape index (κ1) is 17.3. The maximum atomic E-state index is 13.7. The minimum Gasteiger partial charge on any atom is -0.207 e. The van der Waals surface area contributed by atoms with Gasteiger partial charge in [0.1, 0.15) is 4.90 Å². The fourth-order valence-electron chi connectivity index (χ4n) is 1.61. The molecule has 0 aliphatic heterocycles. The van der Waals surface area contributed by atoms with Gasteiger partial charge in [-0.05, 0) is 30.0 Å². The smallest absolute Gasteiger partial charge is 0.207 e. The van der Waals surface area contributed by atoms with Crippen LogP contribution in [-0.2, 0) is 15.9 Å². The van der Waals surface area contributed by atoms with Gasteiger partial charge < -0.3 is 0 Å². The average molecular weight is 326 g/mol. The maximum absolute atomic E-state index is 13.7. The van der Waals surface area contributed by atoms with Crippen molar-refractivity contribution >= 4 is 21.6 Å². The molecule has 0 atom stereocenters. The Hall–Kier alpha value is -0.720. The molecule has 0 N–H and O–H groups in total. The summed E-state index contributed by atoms with van der Waals surface area (Å²) in [6, 6.07) is 1.97. The van der Waals surface area contributed by atoms with Crippen LogP contribution >= 0.6 is 11.6 Å². The summed E-state index contributed by atoms with van der Waals surface area (Å²) in [5.74, 6) is -2.35. The summed E-state index contributed by atoms with van der Waals surface area (Å²) in [6.45, 7) is 4.15. The summed E-state index contributed by atoms with van der Waals surface area (Å²) in [6.07, 6.45) is 0.634. The third-order valence-electron chi connectivity index (χ3n) is 2.92. The summed E-state index contributed by atoms with van der Waals surface area (Å²) in [7, 11) is -2.71. The van der Waals surface area contributed by atoms with Crippen LogP contribution in [0.15, 0.2) is 17.0 Å². The number of rotatable bonds is 6. The zero-order valence-corrected chi connectivity index (χ0v) is 13.2. The molecule has 1 rings (SSSR count). The minimum atomic E-state index is -4.06. The van der Waals surface area contributed by atoms with Crippen molar-refractivity contribution in [3.63, 3.8) is 0 Å². The molecule has 0 heterocycles. The van der Waals surface area contributed by atoms with Crippen LogP contribution in [-0.4, -0.2) is 26.3 Å². The lowest BCUT2D eigenvalue weighted by Gasteiger charge is -2.19. The Labute approximate surface area is 123 Å². The second-order valence-electron chi connectivity index (χ2n) is 5.03. The SMILES string of the molecule is CC(C)CCN(C)S(=O)(=O)c1cc(CCl)cc(F)c1F. The van der Waals surface area contributed by atoms with Gasteiger partial charge in [0.2, 0.25) is 10.0 Å². The molecule has 0 radical (unpaired) electrons. The summed E-state index contributed by atoms with van der Waals surface area (Å²) < 4.78 is 52.7. The second-order valence-corrected chi connectivity index (χ2v) is 7.31. The molecule has 0 bridgehead atoms. The molecule has 20 heavy (non-hydrogen) atoms. The second kappa shape index (κ2) is 6.83. The van der Waals surface area contributed by atoms with Crippen molar-refractivity contribution in [1.29, 1.82) is 0 Å². The van der Waals surface area contributed by atoms with E-state index in [4.69, 9.17) is 11.6 Å². The maximum Gasteiger partial charge on any atom is 0.245 e. The van der Waals surface area contributed by atoms with E-state index in [-0.39, 0.29) is 18.0 Å². The standard InChI is InChI=1S/C13H18ClF2NO2S/c1-9(2)4-5-17(3)20(18,19)12-7-10(8-14)6-11(15)13(12)16/h6-7,9H,4-5,8H2,1-3H3. The van der Waals surface area contributed by atoms with Crippen LogP contribution in [0.1, 0.15) is 25.8 Å². The van der Waals surface area contributed by atoms with E-state index >= 15 is 0 Å². The summed E-state index contributed by atoms with van der Waals surface area (Å²) in [4.78, 5) is -0.667. The highest BCUT2D eigenvalue weighted by molar-refractivity contribution is 7.89. The van der Waals surface area contributed by atoms with Gasteiger partial charge in [0.05, 0.1) is 0 Å². The summed E-state index contributed by atoms with van der Waals surface area (Å²) in [5.41, 5.74) is 0.224. The molecule has 1 aromatic rings. The predicted octanol–water partition coefficient (Wildman–Crippen LogP) is 3.37. The van der Waals surface area contributed by atoms with E-state index < -0.39 is 26.6 Å². The first-order chi connectivity index (χ1) is 9.20. The van der Waals surface area contributed by atoms with Gasteiger partial charge in [-0.3, -0.25) is 0 Å². The Morgan fingerprint density at radius 2 is 1.90 bits per heavy atom. The number of hydrogen-bond acceptors (Lipinski definition) is 2. The monoisotopic (exact) mass is 325 g/mol. The molecule has 0 saturated carbocycles. The molecule has 0 unspecified atom stereocenters. The number of benzene rings is 1. The first-order valence-corrected chi connectivity index (χ1v) is 8.17. The van der Waals surface area contributed by atoms with Gasteiger partial charge in [-0.1, -0.05) is 13.8 Å². The Morgan fingerprint density at radius 3 is 2.40 bits per heavy atom. The quantitative estimate of drug-likeness (QED) is 0.752. The van der Waals surface area contributed by atoms with Crippen molar-refractivity contribution in [2.75, 3.05) is 13.6 Å². The molecule has 0 aliphatic rings. The largest absolute Gasteiger partial charge is 0.245 e. The lowest BCUT2D eigenvalue weighted by molar-refractivity contribution is 0.420. The highest BCUT2D eigenvalue weighted by atomic mass is 35.5. The van der Waals surface area contributed by atoms with Crippen molar-refractivity contribution in [3.8, 4) is 0 Å². The molecule has 0 fully saturated rings. The van der Waals surface area contributed by atoms with Crippen LogP contribution in [0.4, 0.5) is 8.78 Å². The first-order valence-electron chi connectivity index (χ1n) is 6.20. The van der Waals surface area contributed by atoms with Crippen LogP contribution < -0.4 is 0 Å². The molecule has 0 saturated heterocycles. The van der Waals surface area contributed by atoms with E-state index in [1.807, 2.05) is 13.8 Å². The van der Waals surface area contributed by atoms with Crippen molar-refractivity contribution < 1.29 is 17.2 Å². The van der Waals surface area contributed by atoms with Gasteiger partial charge in [0, 0.05) is 19.5 Å². The molecule has 0 aromatic heterocycles. The van der Waals surface area contributed by atoms with E-state index in [1.54, 1.807) is 0 Å². The summed E-state index contributed by atoms with van der Waals surface area (Å²) >= 11 is 5.56. The molecule has 3 nitrogen and oxygen atoms in total. The van der Waals surface area contributed by atoms with Crippen LogP contribution in [0.2, 0.25) is 0 Å². The van der Waals surface area contributed by atoms with Gasteiger partial charge in [0.15, 0.2) is 11.6 Å². The topological polar surface area (TPSA) is 37.4 Å². The Kier molecular flexibility index (Phi) is 5.91. The van der Waals surface area contributed by atoms with Crippen LogP contribution in [0.3, 0.4) is 0 Å². The zero-order chi connectivity index (χ0) is 15.5. The fourth-order valence-corrected chi connectivity index (χ4v) is 3.07. The molecular weight excluding hydrogens is 308 g/mol. The fraction of sp³-hybridized carbons (Fsp3) is 0.538. The number of nitrogens with zero attached hydrogens (tertiary/aromatic N) is 1. The van der Waals surface area contributed by atoms with Crippen molar-refractivity contribution in [2.45, 2.75) is 31.0 Å². The van der Waals surface area contributed by atoms with Crippen LogP contribution in [0.25, 0.3) is 0 Å². The van der Waals surface area contributed by atoms with Gasteiger partial charge in [-0.25, -0.2) is 21.5 Å². The van der Waals surface area contributed by atoms with Crippen molar-refractivity contribution in [1.82, 2.24) is 4.31 Å². The van der Waals surface area contributed by atoms with E-state index in [2.05, 4.69) is 0 Å². The molecular formula is C13H18ClF2NO2S. The van der Waals surface area contributed by atoms with Crippen molar-refractivity contribution in [3.05, 3.63) is 29.3 Å². The number of halogens is 3. The van der Waals surface area contributed by atoms with Gasteiger partial charge in [-0.2, -0.15) is 0 Å². The Bertz CT molecular complexity index is 576. The lowest BCUT2D eigenvalue weighted by Crippen LogP contribution is -2.29. The zero-order valence-electron chi connectivity index (χ0n) is 11.7. The van der Waals surface area contributed by atoms with Crippen LogP contribution in [0, 0.1) is 17.6 Å². The van der Waals surface area contributed by atoms with E-state index in [9.17, 15) is 17.2 Å². The van der Waals surface area contributed by atoms with Crippen molar-refractivity contribution in [2.24, 2.45) is 5.92 Å². The lowest BCUT2D eigenvalue weighted by atomic mass is 10.1. The van der Waals surface area contributed by atoms with E-state index in [0.29, 0.717) is 12.3 Å². The number of sulfonamides is 1. The van der Waals surface area contributed by atoms with Gasteiger partial charge in [0.25, 0.3) is 0 Å². The summed E-state index contributed by atoms with van der Waals surface area (Å²) in [5, 5.41) is 0. The molecule has 7 heteroatoms.